The molecule has 1 N–H and O–H groups in total. The number of hydrogen-bond acceptors (Lipinski definition) is 6. The third kappa shape index (κ3) is 3.31. The Labute approximate surface area is 122 Å². The highest BCUT2D eigenvalue weighted by atomic mass is 32.2. The molecule has 0 bridgehead atoms. The van der Waals surface area contributed by atoms with E-state index in [9.17, 15) is 9.59 Å². The maximum Gasteiger partial charge on any atom is 0.313 e. The van der Waals surface area contributed by atoms with Crippen molar-refractivity contribution in [2.45, 2.75) is 11.7 Å². The molecule has 0 spiro atoms. The summed E-state index contributed by atoms with van der Waals surface area (Å²) in [5.41, 5.74) is -0.0896. The zero-order valence-corrected chi connectivity index (χ0v) is 12.6. The average molecular weight is 316 g/mol. The lowest BCUT2D eigenvalue weighted by atomic mass is 10.4. The maximum absolute atomic E-state index is 12.3. The smallest absolute Gasteiger partial charge is 0.313 e. The van der Waals surface area contributed by atoms with E-state index in [1.54, 1.807) is 22.4 Å². The average Bonchev–Trinajstić information content (AvgIpc) is 2.84. The summed E-state index contributed by atoms with van der Waals surface area (Å²) >= 11 is 4.11. The van der Waals surface area contributed by atoms with Gasteiger partial charge in [-0.2, -0.15) is 11.8 Å². The molecule has 0 aliphatic rings. The van der Waals surface area contributed by atoms with E-state index >= 15 is 0 Å². The predicted octanol–water partition coefficient (Wildman–Crippen LogP) is 2.00. The number of rotatable bonds is 6. The molecular weight excluding hydrogens is 304 g/mol. The van der Waals surface area contributed by atoms with Crippen molar-refractivity contribution in [2.75, 3.05) is 17.8 Å². The first-order valence-corrected chi connectivity index (χ1v) is 8.71. The van der Waals surface area contributed by atoms with Gasteiger partial charge >= 0.3 is 5.97 Å². The number of hydrogen-bond donors (Lipinski definition) is 1. The van der Waals surface area contributed by atoms with E-state index in [0.29, 0.717) is 21.9 Å². The standard InChI is InChI=1S/C11H12N2O3S3/c1-17-5-3-13-10(16)7-2-4-18-9(7)12-11(13)19-6-8(14)15/h2,4H,3,5-6H2,1H3,(H,14,15). The molecule has 0 fully saturated rings. The Balaban J connectivity index is 2.45. The van der Waals surface area contributed by atoms with Crippen molar-refractivity contribution in [3.05, 3.63) is 21.8 Å². The highest BCUT2D eigenvalue weighted by Crippen LogP contribution is 2.21. The van der Waals surface area contributed by atoms with Gasteiger partial charge in [-0.05, 0) is 17.7 Å². The Kier molecular flexibility index (Phi) is 4.89. The SMILES string of the molecule is CSCCn1c(SCC(=O)O)nc2sccc2c1=O. The normalized spacial score (nSPS) is 11.0. The first-order valence-electron chi connectivity index (χ1n) is 5.45. The van der Waals surface area contributed by atoms with Gasteiger partial charge in [0.05, 0.1) is 11.1 Å². The Morgan fingerprint density at radius 3 is 3.05 bits per heavy atom. The highest BCUT2D eigenvalue weighted by Gasteiger charge is 2.13. The van der Waals surface area contributed by atoms with Crippen LogP contribution in [0.5, 0.6) is 0 Å². The number of aromatic nitrogens is 2. The van der Waals surface area contributed by atoms with Crippen molar-refractivity contribution in [3.63, 3.8) is 0 Å². The minimum Gasteiger partial charge on any atom is -0.481 e. The molecule has 0 aliphatic heterocycles. The molecule has 0 aromatic carbocycles. The molecule has 2 heterocycles. The highest BCUT2D eigenvalue weighted by molar-refractivity contribution is 7.99. The van der Waals surface area contributed by atoms with Crippen molar-refractivity contribution in [1.82, 2.24) is 9.55 Å². The number of carboxylic acid groups (broad SMARTS) is 1. The number of carboxylic acids is 1. The second-order valence-electron chi connectivity index (χ2n) is 3.67. The molecule has 2 rings (SSSR count). The minimum absolute atomic E-state index is 0.0896. The Hall–Kier alpha value is -0.990. The van der Waals surface area contributed by atoms with Gasteiger partial charge in [-0.15, -0.1) is 11.3 Å². The van der Waals surface area contributed by atoms with Crippen LogP contribution in [-0.4, -0.2) is 38.4 Å². The van der Waals surface area contributed by atoms with Gasteiger partial charge < -0.3 is 5.11 Å². The van der Waals surface area contributed by atoms with Crippen LogP contribution in [0.4, 0.5) is 0 Å². The van der Waals surface area contributed by atoms with Crippen molar-refractivity contribution in [1.29, 1.82) is 0 Å². The van der Waals surface area contributed by atoms with Crippen LogP contribution in [0.15, 0.2) is 21.4 Å². The Morgan fingerprint density at radius 2 is 2.37 bits per heavy atom. The molecule has 102 valence electrons. The molecule has 0 aliphatic carbocycles. The van der Waals surface area contributed by atoms with Crippen LogP contribution in [0.3, 0.4) is 0 Å². The van der Waals surface area contributed by atoms with Crippen LogP contribution in [0.1, 0.15) is 0 Å². The number of carbonyl (C=O) groups is 1. The van der Waals surface area contributed by atoms with Gasteiger partial charge in [-0.25, -0.2) is 4.98 Å². The molecule has 0 atom stereocenters. The summed E-state index contributed by atoms with van der Waals surface area (Å²) in [5, 5.41) is 11.7. The van der Waals surface area contributed by atoms with Crippen LogP contribution in [-0.2, 0) is 11.3 Å². The number of aliphatic carboxylic acids is 1. The largest absolute Gasteiger partial charge is 0.481 e. The van der Waals surface area contributed by atoms with Gasteiger partial charge in [-0.3, -0.25) is 14.2 Å². The summed E-state index contributed by atoms with van der Waals surface area (Å²) in [7, 11) is 0. The fraction of sp³-hybridized carbons (Fsp3) is 0.364. The summed E-state index contributed by atoms with van der Waals surface area (Å²) in [4.78, 5) is 28.0. The van der Waals surface area contributed by atoms with Crippen molar-refractivity contribution in [2.24, 2.45) is 0 Å². The van der Waals surface area contributed by atoms with Crippen LogP contribution < -0.4 is 5.56 Å². The quantitative estimate of drug-likeness (QED) is 0.649. The number of thioether (sulfide) groups is 2. The van der Waals surface area contributed by atoms with Gasteiger partial charge in [0.15, 0.2) is 5.16 Å². The lowest BCUT2D eigenvalue weighted by molar-refractivity contribution is -0.133. The molecule has 19 heavy (non-hydrogen) atoms. The zero-order valence-electron chi connectivity index (χ0n) is 10.2. The van der Waals surface area contributed by atoms with Gasteiger partial charge in [0, 0.05) is 12.3 Å². The van der Waals surface area contributed by atoms with E-state index in [4.69, 9.17) is 5.11 Å². The van der Waals surface area contributed by atoms with Crippen LogP contribution in [0.2, 0.25) is 0 Å². The summed E-state index contributed by atoms with van der Waals surface area (Å²) in [6, 6.07) is 1.76. The van der Waals surface area contributed by atoms with Crippen LogP contribution in [0, 0.1) is 0 Å². The molecule has 8 heteroatoms. The molecular formula is C11H12N2O3S3. The monoisotopic (exact) mass is 316 g/mol. The van der Waals surface area contributed by atoms with Gasteiger partial charge in [0.1, 0.15) is 4.83 Å². The molecule has 5 nitrogen and oxygen atoms in total. The molecule has 2 aromatic rings. The fourth-order valence-electron chi connectivity index (χ4n) is 1.55. The Morgan fingerprint density at radius 1 is 1.58 bits per heavy atom. The predicted molar refractivity (Wildman–Crippen MR) is 80.6 cm³/mol. The maximum atomic E-state index is 12.3. The van der Waals surface area contributed by atoms with E-state index < -0.39 is 5.97 Å². The van der Waals surface area contributed by atoms with E-state index in [-0.39, 0.29) is 11.3 Å². The second-order valence-corrected chi connectivity index (χ2v) is 6.49. The summed E-state index contributed by atoms with van der Waals surface area (Å²) in [6.45, 7) is 0.542. The number of nitrogens with zero attached hydrogens (tertiary/aromatic N) is 2. The van der Waals surface area contributed by atoms with Crippen LogP contribution in [0.25, 0.3) is 10.2 Å². The number of thiophene rings is 1. The van der Waals surface area contributed by atoms with E-state index in [1.165, 1.54) is 11.3 Å². The van der Waals surface area contributed by atoms with Gasteiger partial charge in [0.2, 0.25) is 0 Å². The van der Waals surface area contributed by atoms with E-state index in [2.05, 4.69) is 4.98 Å². The third-order valence-corrected chi connectivity index (χ3v) is 4.75. The first-order chi connectivity index (χ1) is 9.13. The summed E-state index contributed by atoms with van der Waals surface area (Å²) in [6.07, 6.45) is 1.96. The zero-order chi connectivity index (χ0) is 13.8. The molecule has 0 saturated carbocycles. The summed E-state index contributed by atoms with van der Waals surface area (Å²) < 4.78 is 1.57. The van der Waals surface area contributed by atoms with Crippen molar-refractivity contribution in [3.8, 4) is 0 Å². The second kappa shape index (κ2) is 6.44. The van der Waals surface area contributed by atoms with E-state index in [0.717, 1.165) is 17.5 Å². The van der Waals surface area contributed by atoms with Crippen molar-refractivity contribution >= 4 is 51.0 Å². The first kappa shape index (κ1) is 14.4. The van der Waals surface area contributed by atoms with Crippen molar-refractivity contribution < 1.29 is 9.90 Å². The summed E-state index contributed by atoms with van der Waals surface area (Å²) in [5.74, 6) is -0.220. The van der Waals surface area contributed by atoms with E-state index in [1.807, 2.05) is 11.6 Å². The topological polar surface area (TPSA) is 72.2 Å². The molecule has 0 radical (unpaired) electrons. The molecule has 0 saturated heterocycles. The minimum atomic E-state index is -0.915. The third-order valence-electron chi connectivity index (χ3n) is 2.39. The fourth-order valence-corrected chi connectivity index (χ4v) is 3.46. The Bertz CT molecular complexity index is 650. The van der Waals surface area contributed by atoms with Crippen LogP contribution >= 0.6 is 34.9 Å². The lowest BCUT2D eigenvalue weighted by Gasteiger charge is -2.10. The molecule has 0 unspecified atom stereocenters. The number of fused-ring (bicyclic) bond motifs is 1. The lowest BCUT2D eigenvalue weighted by Crippen LogP contribution is -2.24. The van der Waals surface area contributed by atoms with Gasteiger partial charge in [-0.1, -0.05) is 11.8 Å². The molecule has 0 amide bonds. The van der Waals surface area contributed by atoms with Gasteiger partial charge in [0.25, 0.3) is 5.56 Å². The molecule has 2 aromatic heterocycles.